The molecule has 5 heteroatoms. The van der Waals surface area contributed by atoms with E-state index in [1.54, 1.807) is 6.92 Å². The van der Waals surface area contributed by atoms with Crippen molar-refractivity contribution >= 4 is 17.5 Å². The average Bonchev–Trinajstić information content (AvgIpc) is 2.49. The van der Waals surface area contributed by atoms with Gasteiger partial charge in [-0.2, -0.15) is 0 Å². The second-order valence-corrected chi connectivity index (χ2v) is 5.99. The first-order chi connectivity index (χ1) is 10.1. The van der Waals surface area contributed by atoms with Crippen LogP contribution in [0, 0.1) is 11.7 Å². The molecule has 0 aliphatic heterocycles. The topological polar surface area (TPSA) is 38.3 Å². The highest BCUT2D eigenvalue weighted by atomic mass is 35.5. The van der Waals surface area contributed by atoms with Gasteiger partial charge in [0.1, 0.15) is 11.6 Å². The summed E-state index contributed by atoms with van der Waals surface area (Å²) >= 11 is 5.68. The van der Waals surface area contributed by atoms with Gasteiger partial charge in [-0.25, -0.2) is 4.39 Å². The van der Waals surface area contributed by atoms with Gasteiger partial charge in [0.2, 0.25) is 0 Å². The Kier molecular flexibility index (Phi) is 5.85. The van der Waals surface area contributed by atoms with Gasteiger partial charge in [0.25, 0.3) is 5.91 Å². The molecule has 0 saturated heterocycles. The van der Waals surface area contributed by atoms with Gasteiger partial charge < -0.3 is 10.1 Å². The summed E-state index contributed by atoms with van der Waals surface area (Å²) in [6.45, 7) is 2.38. The van der Waals surface area contributed by atoms with Crippen molar-refractivity contribution in [2.75, 3.05) is 6.54 Å². The smallest absolute Gasteiger partial charge is 0.260 e. The first-order valence-electron chi connectivity index (χ1n) is 7.45. The van der Waals surface area contributed by atoms with Crippen molar-refractivity contribution in [1.82, 2.24) is 5.32 Å². The van der Waals surface area contributed by atoms with Gasteiger partial charge in [0.05, 0.1) is 5.02 Å². The van der Waals surface area contributed by atoms with E-state index in [1.807, 2.05) is 0 Å². The quantitative estimate of drug-likeness (QED) is 0.894. The van der Waals surface area contributed by atoms with Gasteiger partial charge in [0.15, 0.2) is 6.10 Å². The van der Waals surface area contributed by atoms with Crippen molar-refractivity contribution in [1.29, 1.82) is 0 Å². The van der Waals surface area contributed by atoms with Crippen LogP contribution in [0.4, 0.5) is 4.39 Å². The Bertz CT molecular complexity index is 489. The van der Waals surface area contributed by atoms with Crippen LogP contribution >= 0.6 is 11.6 Å². The van der Waals surface area contributed by atoms with Gasteiger partial charge in [-0.05, 0) is 37.8 Å². The lowest BCUT2D eigenvalue weighted by Crippen LogP contribution is -2.39. The summed E-state index contributed by atoms with van der Waals surface area (Å²) in [7, 11) is 0. The van der Waals surface area contributed by atoms with Gasteiger partial charge in [-0.3, -0.25) is 4.79 Å². The number of hydrogen-bond acceptors (Lipinski definition) is 2. The molecule has 1 amide bonds. The molecule has 3 nitrogen and oxygen atoms in total. The van der Waals surface area contributed by atoms with Crippen LogP contribution in [-0.4, -0.2) is 18.6 Å². The van der Waals surface area contributed by atoms with Crippen molar-refractivity contribution in [3.8, 4) is 5.75 Å². The predicted octanol–water partition coefficient (Wildman–Crippen LogP) is 3.94. The van der Waals surface area contributed by atoms with E-state index in [9.17, 15) is 9.18 Å². The minimum atomic E-state index is -0.630. The molecule has 1 aliphatic carbocycles. The molecule has 1 fully saturated rings. The van der Waals surface area contributed by atoms with Crippen LogP contribution in [0.2, 0.25) is 5.02 Å². The third kappa shape index (κ3) is 4.88. The number of halogens is 2. The molecular weight excluding hydrogens is 293 g/mol. The van der Waals surface area contributed by atoms with E-state index >= 15 is 0 Å². The van der Waals surface area contributed by atoms with E-state index in [1.165, 1.54) is 50.3 Å². The normalized spacial score (nSPS) is 17.3. The highest BCUT2D eigenvalue weighted by Crippen LogP contribution is 2.23. The monoisotopic (exact) mass is 313 g/mol. The lowest BCUT2D eigenvalue weighted by molar-refractivity contribution is -0.127. The third-order valence-electron chi connectivity index (χ3n) is 3.86. The van der Waals surface area contributed by atoms with Crippen LogP contribution in [0.5, 0.6) is 5.75 Å². The summed E-state index contributed by atoms with van der Waals surface area (Å²) in [5, 5.41) is 2.92. The first-order valence-corrected chi connectivity index (χ1v) is 7.83. The first kappa shape index (κ1) is 16.1. The molecule has 116 valence electrons. The Morgan fingerprint density at radius 1 is 1.43 bits per heavy atom. The molecule has 0 radical (unpaired) electrons. The van der Waals surface area contributed by atoms with Crippen molar-refractivity contribution in [2.45, 2.75) is 45.1 Å². The molecule has 1 aliphatic rings. The van der Waals surface area contributed by atoms with Crippen LogP contribution in [0.1, 0.15) is 39.0 Å². The number of carbonyl (C=O) groups is 1. The second-order valence-electron chi connectivity index (χ2n) is 5.59. The molecule has 1 aromatic carbocycles. The number of carbonyl (C=O) groups excluding carboxylic acids is 1. The number of hydrogen-bond donors (Lipinski definition) is 1. The molecule has 1 aromatic rings. The van der Waals surface area contributed by atoms with Crippen LogP contribution in [-0.2, 0) is 4.79 Å². The predicted molar refractivity (Wildman–Crippen MR) is 81.1 cm³/mol. The van der Waals surface area contributed by atoms with E-state index in [0.717, 1.165) is 0 Å². The molecular formula is C16H21ClFNO2. The lowest BCUT2D eigenvalue weighted by Gasteiger charge is -2.23. The van der Waals surface area contributed by atoms with Gasteiger partial charge in [-0.1, -0.05) is 30.9 Å². The summed E-state index contributed by atoms with van der Waals surface area (Å²) in [6, 6.07) is 4.07. The maximum Gasteiger partial charge on any atom is 0.260 e. The van der Waals surface area contributed by atoms with E-state index in [0.29, 0.717) is 18.2 Å². The molecule has 0 heterocycles. The molecule has 1 saturated carbocycles. The second kappa shape index (κ2) is 7.64. The van der Waals surface area contributed by atoms with Gasteiger partial charge in [0, 0.05) is 12.6 Å². The number of rotatable bonds is 5. The van der Waals surface area contributed by atoms with E-state index < -0.39 is 11.9 Å². The lowest BCUT2D eigenvalue weighted by atomic mass is 9.89. The van der Waals surface area contributed by atoms with Crippen LogP contribution in [0.3, 0.4) is 0 Å². The summed E-state index contributed by atoms with van der Waals surface area (Å²) < 4.78 is 18.5. The fourth-order valence-corrected chi connectivity index (χ4v) is 2.76. The van der Waals surface area contributed by atoms with Crippen LogP contribution < -0.4 is 10.1 Å². The van der Waals surface area contributed by atoms with E-state index in [2.05, 4.69) is 5.32 Å². The molecule has 1 atom stereocenters. The van der Waals surface area contributed by atoms with E-state index in [4.69, 9.17) is 16.3 Å². The fourth-order valence-electron chi connectivity index (χ4n) is 2.59. The molecule has 1 N–H and O–H groups in total. The zero-order valence-electron chi connectivity index (χ0n) is 12.2. The molecule has 0 spiro atoms. The number of amides is 1. The SMILES string of the molecule is C[C@@H](Oc1ccc(F)c(Cl)c1)C(=O)NCC1CCCCC1. The van der Waals surface area contributed by atoms with E-state index in [-0.39, 0.29) is 10.9 Å². The van der Waals surface area contributed by atoms with Crippen molar-refractivity contribution in [3.05, 3.63) is 29.0 Å². The fraction of sp³-hybridized carbons (Fsp3) is 0.562. The Labute approximate surface area is 129 Å². The van der Waals surface area contributed by atoms with Crippen molar-refractivity contribution < 1.29 is 13.9 Å². The number of nitrogens with one attached hydrogen (secondary N) is 1. The van der Waals surface area contributed by atoms with Gasteiger partial charge in [-0.15, -0.1) is 0 Å². The molecule has 21 heavy (non-hydrogen) atoms. The third-order valence-corrected chi connectivity index (χ3v) is 4.15. The maximum absolute atomic E-state index is 13.1. The minimum absolute atomic E-state index is 0.0117. The summed E-state index contributed by atoms with van der Waals surface area (Å²) in [5.41, 5.74) is 0. The molecule has 0 unspecified atom stereocenters. The molecule has 0 bridgehead atoms. The van der Waals surface area contributed by atoms with Crippen molar-refractivity contribution in [2.24, 2.45) is 5.92 Å². The van der Waals surface area contributed by atoms with Crippen LogP contribution in [0.25, 0.3) is 0 Å². The summed E-state index contributed by atoms with van der Waals surface area (Å²) in [4.78, 5) is 12.0. The van der Waals surface area contributed by atoms with Crippen molar-refractivity contribution in [3.63, 3.8) is 0 Å². The standard InChI is InChI=1S/C16H21ClFNO2/c1-11(21-13-7-8-15(18)14(17)9-13)16(20)19-10-12-5-3-2-4-6-12/h7-9,11-12H,2-6,10H2,1H3,(H,19,20)/t11-/m1/s1. The minimum Gasteiger partial charge on any atom is -0.481 e. The number of ether oxygens (including phenoxy) is 1. The maximum atomic E-state index is 13.1. The van der Waals surface area contributed by atoms with Crippen LogP contribution in [0.15, 0.2) is 18.2 Å². The average molecular weight is 314 g/mol. The highest BCUT2D eigenvalue weighted by Gasteiger charge is 2.18. The zero-order valence-corrected chi connectivity index (χ0v) is 13.0. The Morgan fingerprint density at radius 2 is 2.14 bits per heavy atom. The Morgan fingerprint density at radius 3 is 2.81 bits per heavy atom. The Balaban J connectivity index is 1.79. The zero-order chi connectivity index (χ0) is 15.2. The molecule has 2 rings (SSSR count). The largest absolute Gasteiger partial charge is 0.481 e. The Hall–Kier alpha value is -1.29. The number of benzene rings is 1. The summed E-state index contributed by atoms with van der Waals surface area (Å²) in [5.74, 6) is 0.316. The highest BCUT2D eigenvalue weighted by molar-refractivity contribution is 6.30. The van der Waals surface area contributed by atoms with Gasteiger partial charge >= 0.3 is 0 Å². The molecule has 0 aromatic heterocycles. The summed E-state index contributed by atoms with van der Waals surface area (Å²) in [6.07, 6.45) is 5.54.